The molecule has 7 heteroatoms. The van der Waals surface area contributed by atoms with Crippen LogP contribution >= 0.6 is 12.4 Å². The number of carboxylic acid groups (broad SMARTS) is 1. The van der Waals surface area contributed by atoms with E-state index in [-0.39, 0.29) is 24.5 Å². The molecule has 0 aliphatic rings. The van der Waals surface area contributed by atoms with Gasteiger partial charge in [0.1, 0.15) is 11.9 Å². The lowest BCUT2D eigenvalue weighted by Crippen LogP contribution is -2.42. The average molecular weight is 367 g/mol. The van der Waals surface area contributed by atoms with Crippen LogP contribution in [0, 0.1) is 5.82 Å². The number of carbonyl (C=O) groups is 2. The zero-order chi connectivity index (χ0) is 17.7. The molecular formula is C18H20ClFN2O3. The molecule has 5 nitrogen and oxygen atoms in total. The fourth-order valence-corrected chi connectivity index (χ4v) is 2.38. The molecule has 0 heterocycles. The number of nitrogens with two attached hydrogens (primary N) is 1. The van der Waals surface area contributed by atoms with Crippen LogP contribution in [0.15, 0.2) is 42.5 Å². The van der Waals surface area contributed by atoms with Gasteiger partial charge < -0.3 is 16.2 Å². The lowest BCUT2D eigenvalue weighted by atomic mass is 9.96. The van der Waals surface area contributed by atoms with Crippen LogP contribution in [0.3, 0.4) is 0 Å². The van der Waals surface area contributed by atoms with Crippen LogP contribution in [-0.2, 0) is 11.2 Å². The highest BCUT2D eigenvalue weighted by Crippen LogP contribution is 2.26. The van der Waals surface area contributed by atoms with Gasteiger partial charge in [0.15, 0.2) is 0 Å². The van der Waals surface area contributed by atoms with Gasteiger partial charge in [-0.1, -0.05) is 31.2 Å². The van der Waals surface area contributed by atoms with Gasteiger partial charge in [0.05, 0.1) is 0 Å². The second-order valence-electron chi connectivity index (χ2n) is 5.39. The maximum atomic E-state index is 13.9. The molecule has 0 spiro atoms. The van der Waals surface area contributed by atoms with Crippen LogP contribution in [0.25, 0.3) is 11.1 Å². The molecule has 4 N–H and O–H groups in total. The smallest absolute Gasteiger partial charge is 0.322 e. The first-order chi connectivity index (χ1) is 11.4. The van der Waals surface area contributed by atoms with Gasteiger partial charge in [-0.05, 0) is 41.3 Å². The van der Waals surface area contributed by atoms with Crippen molar-refractivity contribution in [1.82, 2.24) is 5.32 Å². The van der Waals surface area contributed by atoms with E-state index >= 15 is 0 Å². The number of hydrogen-bond acceptors (Lipinski definition) is 3. The summed E-state index contributed by atoms with van der Waals surface area (Å²) in [6.07, 6.45) is 0.779. The SMILES string of the molecule is CCc1ccccc1-c1cc(F)cc(C(=O)NC[C@@H](N)C(=O)O)c1.Cl. The van der Waals surface area contributed by atoms with Crippen LogP contribution in [0.5, 0.6) is 0 Å². The largest absolute Gasteiger partial charge is 0.480 e. The van der Waals surface area contributed by atoms with Crippen molar-refractivity contribution in [2.24, 2.45) is 5.73 Å². The molecule has 0 aliphatic heterocycles. The number of hydrogen-bond donors (Lipinski definition) is 3. The van der Waals surface area contributed by atoms with Gasteiger partial charge in [-0.25, -0.2) is 4.39 Å². The third-order valence-corrected chi connectivity index (χ3v) is 3.67. The van der Waals surface area contributed by atoms with E-state index in [4.69, 9.17) is 10.8 Å². The summed E-state index contributed by atoms with van der Waals surface area (Å²) in [5.74, 6) is -2.32. The summed E-state index contributed by atoms with van der Waals surface area (Å²) in [7, 11) is 0. The molecule has 0 aromatic heterocycles. The van der Waals surface area contributed by atoms with Gasteiger partial charge >= 0.3 is 5.97 Å². The maximum absolute atomic E-state index is 13.9. The molecule has 0 saturated carbocycles. The van der Waals surface area contributed by atoms with Crippen molar-refractivity contribution < 1.29 is 19.1 Å². The highest BCUT2D eigenvalue weighted by molar-refractivity contribution is 5.96. The number of amides is 1. The molecular weight excluding hydrogens is 347 g/mol. The number of aryl methyl sites for hydroxylation is 1. The van der Waals surface area contributed by atoms with E-state index in [1.165, 1.54) is 6.07 Å². The van der Waals surface area contributed by atoms with Crippen LogP contribution in [0.2, 0.25) is 0 Å². The average Bonchev–Trinajstić information content (AvgIpc) is 2.58. The van der Waals surface area contributed by atoms with Gasteiger partial charge in [0.25, 0.3) is 5.91 Å². The van der Waals surface area contributed by atoms with Crippen molar-refractivity contribution in [2.75, 3.05) is 6.54 Å². The zero-order valence-electron chi connectivity index (χ0n) is 13.7. The Morgan fingerprint density at radius 3 is 2.56 bits per heavy atom. The van der Waals surface area contributed by atoms with E-state index in [0.717, 1.165) is 23.6 Å². The molecule has 0 bridgehead atoms. The van der Waals surface area contributed by atoms with Crippen molar-refractivity contribution in [1.29, 1.82) is 0 Å². The number of carbonyl (C=O) groups excluding carboxylic acids is 1. The minimum atomic E-state index is -1.22. The minimum absolute atomic E-state index is 0. The Morgan fingerprint density at radius 1 is 1.24 bits per heavy atom. The van der Waals surface area contributed by atoms with Crippen molar-refractivity contribution in [3.63, 3.8) is 0 Å². The van der Waals surface area contributed by atoms with Crippen LogP contribution in [0.4, 0.5) is 4.39 Å². The predicted octanol–water partition coefficient (Wildman–Crippen LogP) is 2.62. The highest BCUT2D eigenvalue weighted by Gasteiger charge is 2.15. The molecule has 0 unspecified atom stereocenters. The first kappa shape index (κ1) is 20.6. The standard InChI is InChI=1S/C18H19FN2O3.ClH/c1-2-11-5-3-4-6-15(11)12-7-13(9-14(19)8-12)17(22)21-10-16(20)18(23)24;/h3-9,16H,2,10,20H2,1H3,(H,21,22)(H,23,24);1H/t16-;/m1./s1. The lowest BCUT2D eigenvalue weighted by molar-refractivity contribution is -0.138. The number of nitrogens with one attached hydrogen (secondary N) is 1. The lowest BCUT2D eigenvalue weighted by Gasteiger charge is -2.12. The molecule has 2 aromatic rings. The van der Waals surface area contributed by atoms with E-state index in [2.05, 4.69) is 5.32 Å². The molecule has 0 fully saturated rings. The number of rotatable bonds is 6. The summed E-state index contributed by atoms with van der Waals surface area (Å²) in [6.45, 7) is 1.77. The van der Waals surface area contributed by atoms with Crippen LogP contribution in [-0.4, -0.2) is 29.6 Å². The Hall–Kier alpha value is -2.44. The predicted molar refractivity (Wildman–Crippen MR) is 96.4 cm³/mol. The van der Waals surface area contributed by atoms with Gasteiger partial charge in [-0.3, -0.25) is 9.59 Å². The normalized spacial score (nSPS) is 11.3. The third-order valence-electron chi connectivity index (χ3n) is 3.67. The second kappa shape index (κ2) is 9.15. The van der Waals surface area contributed by atoms with Gasteiger partial charge in [-0.2, -0.15) is 0 Å². The van der Waals surface area contributed by atoms with Crippen molar-refractivity contribution in [3.8, 4) is 11.1 Å². The summed E-state index contributed by atoms with van der Waals surface area (Å²) in [5.41, 5.74) is 7.96. The molecule has 1 atom stereocenters. The number of carboxylic acids is 1. The van der Waals surface area contributed by atoms with E-state index < -0.39 is 23.7 Å². The Kier molecular flexibility index (Phi) is 7.54. The number of aliphatic carboxylic acids is 1. The zero-order valence-corrected chi connectivity index (χ0v) is 14.5. The fourth-order valence-electron chi connectivity index (χ4n) is 2.38. The Bertz CT molecular complexity index is 768. The maximum Gasteiger partial charge on any atom is 0.322 e. The van der Waals surface area contributed by atoms with Crippen molar-refractivity contribution in [3.05, 3.63) is 59.4 Å². The molecule has 2 aromatic carbocycles. The van der Waals surface area contributed by atoms with E-state index in [1.54, 1.807) is 6.07 Å². The summed E-state index contributed by atoms with van der Waals surface area (Å²) >= 11 is 0. The first-order valence-corrected chi connectivity index (χ1v) is 7.57. The van der Waals surface area contributed by atoms with Gasteiger partial charge in [-0.15, -0.1) is 12.4 Å². The third kappa shape index (κ3) is 5.27. The summed E-state index contributed by atoms with van der Waals surface area (Å²) < 4.78 is 13.9. The molecule has 2 rings (SSSR count). The number of halogens is 2. The molecule has 0 saturated heterocycles. The van der Waals surface area contributed by atoms with Gasteiger partial charge in [0, 0.05) is 12.1 Å². The molecule has 0 aliphatic carbocycles. The highest BCUT2D eigenvalue weighted by atomic mass is 35.5. The Morgan fingerprint density at radius 2 is 1.92 bits per heavy atom. The second-order valence-corrected chi connectivity index (χ2v) is 5.39. The van der Waals surface area contributed by atoms with Crippen molar-refractivity contribution in [2.45, 2.75) is 19.4 Å². The Balaban J connectivity index is 0.00000312. The minimum Gasteiger partial charge on any atom is -0.480 e. The van der Waals surface area contributed by atoms with Crippen LogP contribution < -0.4 is 11.1 Å². The number of benzene rings is 2. The van der Waals surface area contributed by atoms with Crippen molar-refractivity contribution >= 4 is 24.3 Å². The molecule has 0 radical (unpaired) electrons. The first-order valence-electron chi connectivity index (χ1n) is 7.57. The topological polar surface area (TPSA) is 92.4 Å². The summed E-state index contributed by atoms with van der Waals surface area (Å²) in [6, 6.07) is 10.4. The van der Waals surface area contributed by atoms with Gasteiger partial charge in [0.2, 0.25) is 0 Å². The molecule has 25 heavy (non-hydrogen) atoms. The summed E-state index contributed by atoms with van der Waals surface area (Å²) in [4.78, 5) is 22.8. The summed E-state index contributed by atoms with van der Waals surface area (Å²) in [5, 5.41) is 11.1. The monoisotopic (exact) mass is 366 g/mol. The molecule has 1 amide bonds. The van der Waals surface area contributed by atoms with E-state index in [1.807, 2.05) is 31.2 Å². The van der Waals surface area contributed by atoms with E-state index in [9.17, 15) is 14.0 Å². The quantitative estimate of drug-likeness (QED) is 0.732. The van der Waals surface area contributed by atoms with E-state index in [0.29, 0.717) is 5.56 Å². The molecule has 134 valence electrons. The fraction of sp³-hybridized carbons (Fsp3) is 0.222. The van der Waals surface area contributed by atoms with Crippen LogP contribution in [0.1, 0.15) is 22.8 Å². The Labute approximate surface area is 151 Å².